The molecule has 6 heavy (non-hydrogen) atoms. The largest absolute Gasteiger partial charge is 2.00 e. The molecule has 0 fully saturated rings. The average molecular weight is 162 g/mol. The summed E-state index contributed by atoms with van der Waals surface area (Å²) in [4.78, 5) is 0. The van der Waals surface area contributed by atoms with Crippen LogP contribution < -0.4 is 6.15 Å². The van der Waals surface area contributed by atoms with Crippen molar-refractivity contribution in [3.63, 3.8) is 0 Å². The summed E-state index contributed by atoms with van der Waals surface area (Å²) in [6.45, 7) is 0. The van der Waals surface area contributed by atoms with E-state index in [-0.39, 0.29) is 23.2 Å². The van der Waals surface area contributed by atoms with E-state index in [1.54, 1.807) is 0 Å². The normalized spacial score (nSPS) is 5.83. The second-order valence-corrected chi connectivity index (χ2v) is 0.612. The standard InChI is InChI=1S/Cu.H3N.H2O3S/c;;1-4(2)3/h;1H3;(H2,1,2,3)/q+2;;/p-1. The van der Waals surface area contributed by atoms with Gasteiger partial charge in [-0.15, -0.1) is 11.4 Å². The van der Waals surface area contributed by atoms with Gasteiger partial charge in [-0.3, -0.25) is 4.21 Å². The summed E-state index contributed by atoms with van der Waals surface area (Å²) >= 11 is -3.11. The van der Waals surface area contributed by atoms with Crippen molar-refractivity contribution in [3.05, 3.63) is 0 Å². The van der Waals surface area contributed by atoms with E-state index in [1.165, 1.54) is 0 Å². The Labute approximate surface area is 48.5 Å². The van der Waals surface area contributed by atoms with E-state index in [1.807, 2.05) is 0 Å². The van der Waals surface area contributed by atoms with Gasteiger partial charge < -0.3 is 15.3 Å². The molecule has 0 saturated carbocycles. The summed E-state index contributed by atoms with van der Waals surface area (Å²) in [5.41, 5.74) is 0. The van der Waals surface area contributed by atoms with E-state index in [2.05, 4.69) is 0 Å². The predicted molar refractivity (Wildman–Crippen MR) is 15.7 cm³/mol. The van der Waals surface area contributed by atoms with Crippen LogP contribution in [0, 0.1) is 0 Å². The van der Waals surface area contributed by atoms with E-state index < -0.39 is 11.4 Å². The number of hydrogen-bond donors (Lipinski definition) is 1. The van der Waals surface area contributed by atoms with Gasteiger partial charge in [0.1, 0.15) is 0 Å². The van der Waals surface area contributed by atoms with Crippen LogP contribution in [0.25, 0.3) is 0 Å². The van der Waals surface area contributed by atoms with Crippen molar-refractivity contribution >= 4 is 11.4 Å². The number of quaternary nitrogens is 1. The van der Waals surface area contributed by atoms with E-state index in [0.29, 0.717) is 0 Å². The third kappa shape index (κ3) is 190. The molecule has 0 aliphatic carbocycles. The maximum atomic E-state index is 8.44. The van der Waals surface area contributed by atoms with Gasteiger partial charge >= 0.3 is 17.1 Å². The molecule has 0 rings (SSSR count). The third-order valence-corrected chi connectivity index (χ3v) is 0. The van der Waals surface area contributed by atoms with Gasteiger partial charge in [0, 0.05) is 0 Å². The quantitative estimate of drug-likeness (QED) is 0.378. The minimum absolute atomic E-state index is 0. The Bertz CT molecular complexity index is 33.8. The molecule has 0 bridgehead atoms. The zero-order valence-corrected chi connectivity index (χ0v) is 4.69. The van der Waals surface area contributed by atoms with Crippen LogP contribution in [0.15, 0.2) is 0 Å². The summed E-state index contributed by atoms with van der Waals surface area (Å²) in [5.74, 6) is 0. The molecule has 0 aromatic rings. The van der Waals surface area contributed by atoms with E-state index in [4.69, 9.17) is 13.3 Å². The molecule has 1 radical (unpaired) electrons. The van der Waals surface area contributed by atoms with Crippen molar-refractivity contribution in [2.24, 2.45) is 0 Å². The number of rotatable bonds is 0. The fourth-order valence-electron chi connectivity index (χ4n) is 0. The SMILES string of the molecule is O=S([O-])[O-].[Cu+2].[NH4+]. The summed E-state index contributed by atoms with van der Waals surface area (Å²) < 4.78 is 25.3. The van der Waals surface area contributed by atoms with Gasteiger partial charge in [0.15, 0.2) is 0 Å². The van der Waals surface area contributed by atoms with Crippen molar-refractivity contribution in [2.45, 2.75) is 0 Å². The van der Waals surface area contributed by atoms with Gasteiger partial charge in [0.05, 0.1) is 0 Å². The van der Waals surface area contributed by atoms with Crippen LogP contribution in [0.2, 0.25) is 0 Å². The van der Waals surface area contributed by atoms with Crippen LogP contribution in [-0.4, -0.2) is 13.3 Å². The van der Waals surface area contributed by atoms with Gasteiger partial charge in [-0.05, 0) is 0 Å². The van der Waals surface area contributed by atoms with E-state index >= 15 is 0 Å². The van der Waals surface area contributed by atoms with Crippen LogP contribution in [0.5, 0.6) is 0 Å². The molecule has 0 heterocycles. The summed E-state index contributed by atoms with van der Waals surface area (Å²) in [6.07, 6.45) is 0. The topological polar surface area (TPSA) is 99.7 Å². The molecule has 0 spiro atoms. The van der Waals surface area contributed by atoms with Gasteiger partial charge in [-0.25, -0.2) is 0 Å². The molecule has 0 unspecified atom stereocenters. The van der Waals surface area contributed by atoms with Gasteiger partial charge in [-0.1, -0.05) is 0 Å². The third-order valence-electron chi connectivity index (χ3n) is 0. The van der Waals surface area contributed by atoms with Crippen molar-refractivity contribution < 1.29 is 30.4 Å². The Morgan fingerprint density at radius 2 is 1.33 bits per heavy atom. The summed E-state index contributed by atoms with van der Waals surface area (Å²) in [7, 11) is 0. The Morgan fingerprint density at radius 1 is 1.33 bits per heavy atom. The van der Waals surface area contributed by atoms with E-state index in [0.717, 1.165) is 0 Å². The molecule has 4 nitrogen and oxygen atoms in total. The van der Waals surface area contributed by atoms with Crippen LogP contribution >= 0.6 is 0 Å². The van der Waals surface area contributed by atoms with Crippen LogP contribution in [0.4, 0.5) is 0 Å². The monoisotopic (exact) mass is 161 g/mol. The van der Waals surface area contributed by atoms with Crippen LogP contribution in [0.1, 0.15) is 0 Å². The van der Waals surface area contributed by atoms with Gasteiger partial charge in [0.25, 0.3) is 0 Å². The zero-order valence-electron chi connectivity index (χ0n) is 2.93. The molecule has 0 aromatic carbocycles. The van der Waals surface area contributed by atoms with Crippen molar-refractivity contribution in [1.82, 2.24) is 6.15 Å². The first-order valence-corrected chi connectivity index (χ1v) is 1.50. The maximum Gasteiger partial charge on any atom is 2.00 e. The first-order valence-electron chi connectivity index (χ1n) is 0.500. The van der Waals surface area contributed by atoms with Crippen molar-refractivity contribution in [1.29, 1.82) is 0 Å². The fourth-order valence-corrected chi connectivity index (χ4v) is 0. The Morgan fingerprint density at radius 3 is 1.33 bits per heavy atom. The van der Waals surface area contributed by atoms with Crippen molar-refractivity contribution in [2.75, 3.05) is 0 Å². The minimum atomic E-state index is -3.11. The van der Waals surface area contributed by atoms with Crippen LogP contribution in [-0.2, 0) is 28.4 Å². The molecule has 43 valence electrons. The zero-order chi connectivity index (χ0) is 3.58. The maximum absolute atomic E-state index is 8.44. The average Bonchev–Trinajstić information content (AvgIpc) is 0.811. The van der Waals surface area contributed by atoms with Crippen LogP contribution in [0.3, 0.4) is 0 Å². The molecule has 0 atom stereocenters. The summed E-state index contributed by atoms with van der Waals surface area (Å²) in [6, 6.07) is 0. The fraction of sp³-hybridized carbons (Fsp3) is 0. The second kappa shape index (κ2) is 9.12. The molecule has 4 N–H and O–H groups in total. The summed E-state index contributed by atoms with van der Waals surface area (Å²) in [5, 5.41) is 0. The molecule has 0 amide bonds. The molecule has 0 aromatic heterocycles. The Hall–Kier alpha value is 0.549. The molecule has 6 heteroatoms. The first-order chi connectivity index (χ1) is 1.73. The molecular formula is H4CuNO3S+. The molecule has 0 aliphatic heterocycles. The van der Waals surface area contributed by atoms with Gasteiger partial charge in [0.2, 0.25) is 0 Å². The molecule has 0 saturated heterocycles. The Balaban J connectivity index is -0.0000000450. The van der Waals surface area contributed by atoms with Gasteiger partial charge in [-0.2, -0.15) is 0 Å². The molecule has 0 aliphatic rings. The first kappa shape index (κ1) is 16.0. The van der Waals surface area contributed by atoms with Crippen molar-refractivity contribution in [3.8, 4) is 0 Å². The van der Waals surface area contributed by atoms with E-state index in [9.17, 15) is 0 Å². The molecular weight excluding hydrogens is 158 g/mol. The number of hydrogen-bond acceptors (Lipinski definition) is 3. The smallest absolute Gasteiger partial charge is 0.784 e. The second-order valence-electron chi connectivity index (χ2n) is 0.204. The minimum Gasteiger partial charge on any atom is -0.784 e. The Kier molecular flexibility index (Phi) is 24.3. The predicted octanol–water partition coefficient (Wildman–Crippen LogP) is -0.630.